The summed E-state index contributed by atoms with van der Waals surface area (Å²) >= 11 is 6.36. The molecular weight excluding hydrogens is 489 g/mol. The SMILES string of the molecule is Cc1cnc(COc2cc(C)n(-c3cc(-n4ccn(C(C)(C)O)c4=O)ncc3C)c(=O)c2Cl)c(F)c1. The Morgan fingerprint density at radius 3 is 2.44 bits per heavy atom. The zero-order valence-electron chi connectivity index (χ0n) is 20.4. The summed E-state index contributed by atoms with van der Waals surface area (Å²) in [6, 6.07) is 4.51. The Bertz CT molecular complexity index is 1580. The predicted molar refractivity (Wildman–Crippen MR) is 133 cm³/mol. The van der Waals surface area contributed by atoms with E-state index in [4.69, 9.17) is 16.3 Å². The number of nitrogens with zero attached hydrogens (tertiary/aromatic N) is 5. The Kier molecular flexibility index (Phi) is 6.59. The molecule has 0 fully saturated rings. The number of rotatable bonds is 6. The zero-order chi connectivity index (χ0) is 26.4. The van der Waals surface area contributed by atoms with Crippen LogP contribution in [0.2, 0.25) is 5.02 Å². The van der Waals surface area contributed by atoms with E-state index in [1.165, 1.54) is 58.4 Å². The number of aryl methyl sites for hydroxylation is 3. The highest BCUT2D eigenvalue weighted by molar-refractivity contribution is 6.31. The summed E-state index contributed by atoms with van der Waals surface area (Å²) in [6.07, 6.45) is 6.00. The molecule has 0 saturated heterocycles. The number of pyridine rings is 3. The highest BCUT2D eigenvalue weighted by Crippen LogP contribution is 2.26. The van der Waals surface area contributed by atoms with Crippen molar-refractivity contribution in [1.82, 2.24) is 23.7 Å². The maximum absolute atomic E-state index is 14.1. The van der Waals surface area contributed by atoms with Crippen LogP contribution in [0.15, 0.2) is 52.6 Å². The molecule has 0 amide bonds. The van der Waals surface area contributed by atoms with Crippen molar-refractivity contribution in [3.8, 4) is 17.3 Å². The topological polar surface area (TPSA) is 104 Å². The van der Waals surface area contributed by atoms with E-state index in [-0.39, 0.29) is 28.9 Å². The van der Waals surface area contributed by atoms with Gasteiger partial charge >= 0.3 is 5.69 Å². The number of imidazole rings is 1. The van der Waals surface area contributed by atoms with Crippen LogP contribution in [0, 0.1) is 26.6 Å². The second-order valence-corrected chi connectivity index (χ2v) is 9.36. The molecule has 4 heterocycles. The molecule has 1 N–H and O–H groups in total. The summed E-state index contributed by atoms with van der Waals surface area (Å²) in [6.45, 7) is 7.98. The van der Waals surface area contributed by atoms with Crippen LogP contribution in [-0.2, 0) is 12.3 Å². The fraction of sp³-hybridized carbons (Fsp3) is 0.280. The standard InChI is InChI=1S/C25H25ClFN5O4/c1-14-8-17(27)18(28-11-14)13-36-20-9-16(3)32(23(33)22(20)26)19-10-21(29-12-15(19)2)30-6-7-31(24(30)34)25(4,5)35/h6-12,35H,13H2,1-5H3. The van der Waals surface area contributed by atoms with Crippen LogP contribution in [0.1, 0.15) is 36.4 Å². The van der Waals surface area contributed by atoms with Gasteiger partial charge in [0.25, 0.3) is 5.56 Å². The Morgan fingerprint density at radius 1 is 1.08 bits per heavy atom. The normalized spacial score (nSPS) is 11.7. The lowest BCUT2D eigenvalue weighted by Gasteiger charge is -2.18. The molecule has 0 saturated carbocycles. The summed E-state index contributed by atoms with van der Waals surface area (Å²) in [4.78, 5) is 34.4. The second-order valence-electron chi connectivity index (χ2n) is 8.98. The average Bonchev–Trinajstić information content (AvgIpc) is 3.19. The number of hydrogen-bond acceptors (Lipinski definition) is 6. The lowest BCUT2D eigenvalue weighted by atomic mass is 10.2. The molecule has 11 heteroatoms. The first-order valence-electron chi connectivity index (χ1n) is 11.0. The van der Waals surface area contributed by atoms with E-state index in [0.29, 0.717) is 22.5 Å². The van der Waals surface area contributed by atoms with Crippen LogP contribution in [0.3, 0.4) is 0 Å². The molecule has 0 bridgehead atoms. The van der Waals surface area contributed by atoms with E-state index >= 15 is 0 Å². The van der Waals surface area contributed by atoms with Crippen molar-refractivity contribution in [2.45, 2.75) is 47.0 Å². The van der Waals surface area contributed by atoms with Crippen molar-refractivity contribution in [3.63, 3.8) is 0 Å². The molecular formula is C25H25ClFN5O4. The van der Waals surface area contributed by atoms with Crippen molar-refractivity contribution < 1.29 is 14.2 Å². The molecule has 0 aliphatic carbocycles. The van der Waals surface area contributed by atoms with Gasteiger partial charge in [0.1, 0.15) is 40.4 Å². The fourth-order valence-electron chi connectivity index (χ4n) is 3.74. The molecule has 9 nitrogen and oxygen atoms in total. The second kappa shape index (κ2) is 9.36. The van der Waals surface area contributed by atoms with E-state index < -0.39 is 22.8 Å². The van der Waals surface area contributed by atoms with Crippen molar-refractivity contribution in [3.05, 3.63) is 97.2 Å². The molecule has 0 aliphatic rings. The van der Waals surface area contributed by atoms with E-state index in [1.54, 1.807) is 32.9 Å². The first-order valence-corrected chi connectivity index (χ1v) is 11.4. The lowest BCUT2D eigenvalue weighted by Crippen LogP contribution is -2.36. The van der Waals surface area contributed by atoms with Crippen LogP contribution in [0.25, 0.3) is 11.5 Å². The molecule has 0 unspecified atom stereocenters. The van der Waals surface area contributed by atoms with Gasteiger partial charge in [0.2, 0.25) is 0 Å². The van der Waals surface area contributed by atoms with Gasteiger partial charge in [0.15, 0.2) is 0 Å². The van der Waals surface area contributed by atoms with Gasteiger partial charge in [-0.15, -0.1) is 0 Å². The molecule has 0 spiro atoms. The summed E-state index contributed by atoms with van der Waals surface area (Å²) in [5, 5.41) is 10.0. The van der Waals surface area contributed by atoms with Gasteiger partial charge < -0.3 is 9.84 Å². The minimum absolute atomic E-state index is 0.0940. The quantitative estimate of drug-likeness (QED) is 0.423. The summed E-state index contributed by atoms with van der Waals surface area (Å²) in [5.74, 6) is -0.153. The summed E-state index contributed by atoms with van der Waals surface area (Å²) < 4.78 is 23.6. The number of halogens is 2. The maximum atomic E-state index is 14.1. The van der Waals surface area contributed by atoms with E-state index in [0.717, 1.165) is 0 Å². The maximum Gasteiger partial charge on any atom is 0.336 e. The molecule has 4 aromatic rings. The predicted octanol–water partition coefficient (Wildman–Crippen LogP) is 3.56. The molecule has 0 radical (unpaired) electrons. The third-order valence-electron chi connectivity index (χ3n) is 5.63. The van der Waals surface area contributed by atoms with Crippen molar-refractivity contribution in [1.29, 1.82) is 0 Å². The van der Waals surface area contributed by atoms with Crippen LogP contribution in [0.4, 0.5) is 4.39 Å². The largest absolute Gasteiger partial charge is 0.485 e. The Labute approximate surface area is 211 Å². The van der Waals surface area contributed by atoms with Crippen molar-refractivity contribution in [2.75, 3.05) is 0 Å². The number of aliphatic hydroxyl groups is 1. The third-order valence-corrected chi connectivity index (χ3v) is 5.98. The zero-order valence-corrected chi connectivity index (χ0v) is 21.2. The van der Waals surface area contributed by atoms with Crippen LogP contribution >= 0.6 is 11.6 Å². The van der Waals surface area contributed by atoms with Crippen LogP contribution in [-0.4, -0.2) is 28.8 Å². The number of ether oxygens (including phenoxy) is 1. The minimum atomic E-state index is -1.40. The summed E-state index contributed by atoms with van der Waals surface area (Å²) in [7, 11) is 0. The average molecular weight is 514 g/mol. The summed E-state index contributed by atoms with van der Waals surface area (Å²) in [5.41, 5.74) is -0.0457. The van der Waals surface area contributed by atoms with Crippen molar-refractivity contribution >= 4 is 11.6 Å². The van der Waals surface area contributed by atoms with Gasteiger partial charge in [-0.3, -0.25) is 23.5 Å². The van der Waals surface area contributed by atoms with E-state index in [1.807, 2.05) is 0 Å². The molecule has 36 heavy (non-hydrogen) atoms. The smallest absolute Gasteiger partial charge is 0.336 e. The molecule has 188 valence electrons. The fourth-order valence-corrected chi connectivity index (χ4v) is 3.94. The van der Waals surface area contributed by atoms with Gasteiger partial charge in [0, 0.05) is 42.6 Å². The van der Waals surface area contributed by atoms with E-state index in [2.05, 4.69) is 9.97 Å². The van der Waals surface area contributed by atoms with Gasteiger partial charge in [0.05, 0.1) is 5.69 Å². The Hall–Kier alpha value is -3.76. The van der Waals surface area contributed by atoms with Gasteiger partial charge in [-0.2, -0.15) is 0 Å². The molecule has 4 rings (SSSR count). The lowest BCUT2D eigenvalue weighted by molar-refractivity contribution is -0.00168. The third kappa shape index (κ3) is 4.69. The Balaban J connectivity index is 1.73. The van der Waals surface area contributed by atoms with Gasteiger partial charge in [-0.1, -0.05) is 11.6 Å². The monoisotopic (exact) mass is 513 g/mol. The first-order chi connectivity index (χ1) is 16.9. The Morgan fingerprint density at radius 2 is 1.81 bits per heavy atom. The first kappa shape index (κ1) is 25.3. The highest BCUT2D eigenvalue weighted by Gasteiger charge is 2.21. The van der Waals surface area contributed by atoms with Crippen LogP contribution in [0.5, 0.6) is 5.75 Å². The highest BCUT2D eigenvalue weighted by atomic mass is 35.5. The molecule has 4 aromatic heterocycles. The molecule has 0 atom stereocenters. The number of aromatic nitrogens is 5. The van der Waals surface area contributed by atoms with Crippen LogP contribution < -0.4 is 16.0 Å². The molecule has 0 aromatic carbocycles. The van der Waals surface area contributed by atoms with Gasteiger partial charge in [-0.05, 0) is 51.8 Å². The van der Waals surface area contributed by atoms with E-state index in [9.17, 15) is 19.1 Å². The molecule has 0 aliphatic heterocycles. The minimum Gasteiger partial charge on any atom is -0.485 e. The van der Waals surface area contributed by atoms with Gasteiger partial charge in [-0.25, -0.2) is 14.2 Å². The van der Waals surface area contributed by atoms with Crippen molar-refractivity contribution in [2.24, 2.45) is 0 Å². The number of hydrogen-bond donors (Lipinski definition) is 1.